The van der Waals surface area contributed by atoms with Gasteiger partial charge in [0, 0.05) is 43.4 Å². The van der Waals surface area contributed by atoms with Gasteiger partial charge in [-0.3, -0.25) is 14.9 Å². The lowest BCUT2D eigenvalue weighted by Crippen LogP contribution is -2.39. The molecule has 0 spiro atoms. The van der Waals surface area contributed by atoms with E-state index >= 15 is 0 Å². The number of hydrogen-bond acceptors (Lipinski definition) is 4. The number of amides is 1. The summed E-state index contributed by atoms with van der Waals surface area (Å²) in [6, 6.07) is 6.12. The van der Waals surface area contributed by atoms with E-state index in [2.05, 4.69) is 5.32 Å². The van der Waals surface area contributed by atoms with Gasteiger partial charge in [0.25, 0.3) is 11.6 Å². The van der Waals surface area contributed by atoms with Crippen molar-refractivity contribution in [1.29, 1.82) is 0 Å². The largest absolute Gasteiger partial charge is 0.334 e. The molecule has 1 aromatic carbocycles. The van der Waals surface area contributed by atoms with Crippen LogP contribution in [0.15, 0.2) is 24.3 Å². The Balaban J connectivity index is 1.78. The average Bonchev–Trinajstić information content (AvgIpc) is 3.00. The zero-order chi connectivity index (χ0) is 13.4. The Morgan fingerprint density at radius 1 is 1.32 bits per heavy atom. The fourth-order valence-corrected chi connectivity index (χ4v) is 2.99. The fraction of sp³-hybridized carbons (Fsp3) is 0.462. The molecule has 0 unspecified atom stereocenters. The second-order valence-corrected chi connectivity index (χ2v) is 5.08. The molecule has 2 saturated heterocycles. The summed E-state index contributed by atoms with van der Waals surface area (Å²) in [6.45, 7) is 2.62. The molecular weight excluding hydrogens is 246 g/mol. The van der Waals surface area contributed by atoms with E-state index in [0.717, 1.165) is 26.1 Å². The van der Waals surface area contributed by atoms with Gasteiger partial charge in [0.15, 0.2) is 0 Å². The molecule has 0 aromatic heterocycles. The van der Waals surface area contributed by atoms with Gasteiger partial charge in [-0.2, -0.15) is 0 Å². The number of nitrogens with one attached hydrogen (secondary N) is 1. The number of non-ortho nitro benzene ring substituents is 1. The second-order valence-electron chi connectivity index (χ2n) is 5.08. The van der Waals surface area contributed by atoms with Crippen molar-refractivity contribution in [2.24, 2.45) is 5.92 Å². The number of nitrogens with zero attached hydrogens (tertiary/aromatic N) is 2. The molecule has 0 bridgehead atoms. The van der Waals surface area contributed by atoms with Gasteiger partial charge in [-0.1, -0.05) is 0 Å². The third kappa shape index (κ3) is 2.08. The Kier molecular flexibility index (Phi) is 2.94. The van der Waals surface area contributed by atoms with Gasteiger partial charge in [0.05, 0.1) is 4.92 Å². The number of rotatable bonds is 2. The zero-order valence-corrected chi connectivity index (χ0v) is 10.4. The lowest BCUT2D eigenvalue weighted by molar-refractivity contribution is -0.384. The average molecular weight is 261 g/mol. The van der Waals surface area contributed by atoms with Crippen LogP contribution in [-0.4, -0.2) is 41.4 Å². The molecule has 2 atom stereocenters. The maximum Gasteiger partial charge on any atom is 0.269 e. The first-order valence-corrected chi connectivity index (χ1v) is 6.43. The van der Waals surface area contributed by atoms with Crippen LogP contribution < -0.4 is 5.32 Å². The van der Waals surface area contributed by atoms with Crippen LogP contribution in [-0.2, 0) is 0 Å². The second kappa shape index (κ2) is 4.62. The van der Waals surface area contributed by atoms with Crippen molar-refractivity contribution in [3.05, 3.63) is 39.9 Å². The number of carbonyl (C=O) groups is 1. The van der Waals surface area contributed by atoms with Crippen molar-refractivity contribution in [3.8, 4) is 0 Å². The van der Waals surface area contributed by atoms with Gasteiger partial charge < -0.3 is 10.2 Å². The minimum atomic E-state index is -0.457. The highest BCUT2D eigenvalue weighted by Gasteiger charge is 2.40. The highest BCUT2D eigenvalue weighted by atomic mass is 16.6. The Morgan fingerprint density at radius 3 is 2.74 bits per heavy atom. The van der Waals surface area contributed by atoms with Gasteiger partial charge in [0.1, 0.15) is 0 Å². The predicted octanol–water partition coefficient (Wildman–Crippen LogP) is 1.03. The van der Waals surface area contributed by atoms with E-state index in [9.17, 15) is 14.9 Å². The van der Waals surface area contributed by atoms with Crippen LogP contribution in [0, 0.1) is 16.0 Å². The summed E-state index contributed by atoms with van der Waals surface area (Å²) in [5.74, 6) is 0.535. The summed E-state index contributed by atoms with van der Waals surface area (Å²) >= 11 is 0. The minimum absolute atomic E-state index is 0.0124. The van der Waals surface area contributed by atoms with E-state index in [0.29, 0.717) is 11.5 Å². The van der Waals surface area contributed by atoms with E-state index in [1.165, 1.54) is 24.3 Å². The van der Waals surface area contributed by atoms with E-state index in [1.54, 1.807) is 0 Å². The molecule has 2 fully saturated rings. The van der Waals surface area contributed by atoms with Crippen LogP contribution in [0.4, 0.5) is 5.69 Å². The number of carbonyl (C=O) groups excluding carboxylic acids is 1. The highest BCUT2D eigenvalue weighted by Crippen LogP contribution is 2.28. The van der Waals surface area contributed by atoms with Crippen LogP contribution in [0.2, 0.25) is 0 Å². The van der Waals surface area contributed by atoms with E-state index in [-0.39, 0.29) is 17.6 Å². The molecular formula is C13H15N3O3. The van der Waals surface area contributed by atoms with Crippen molar-refractivity contribution in [1.82, 2.24) is 10.2 Å². The molecule has 3 rings (SSSR count). The maximum absolute atomic E-state index is 12.4. The number of fused-ring (bicyclic) bond motifs is 1. The molecule has 1 aromatic rings. The van der Waals surface area contributed by atoms with Crippen LogP contribution >= 0.6 is 0 Å². The molecule has 100 valence electrons. The van der Waals surface area contributed by atoms with Crippen molar-refractivity contribution < 1.29 is 9.72 Å². The molecule has 2 aliphatic rings. The van der Waals surface area contributed by atoms with Crippen LogP contribution in [0.5, 0.6) is 0 Å². The third-order valence-corrected chi connectivity index (χ3v) is 4.03. The van der Waals surface area contributed by atoms with Crippen molar-refractivity contribution >= 4 is 11.6 Å². The topological polar surface area (TPSA) is 75.5 Å². The van der Waals surface area contributed by atoms with Crippen LogP contribution in [0.3, 0.4) is 0 Å². The Bertz CT molecular complexity index is 514. The zero-order valence-electron chi connectivity index (χ0n) is 10.4. The van der Waals surface area contributed by atoms with Crippen LogP contribution in [0.25, 0.3) is 0 Å². The van der Waals surface area contributed by atoms with Crippen molar-refractivity contribution in [2.75, 3.05) is 19.6 Å². The summed E-state index contributed by atoms with van der Waals surface area (Å²) in [6.07, 6.45) is 1.04. The predicted molar refractivity (Wildman–Crippen MR) is 68.9 cm³/mol. The summed E-state index contributed by atoms with van der Waals surface area (Å²) < 4.78 is 0. The normalized spacial score (nSPS) is 25.4. The first-order chi connectivity index (χ1) is 9.16. The monoisotopic (exact) mass is 261 g/mol. The lowest BCUT2D eigenvalue weighted by Gasteiger charge is -2.23. The van der Waals surface area contributed by atoms with Crippen molar-refractivity contribution in [3.63, 3.8) is 0 Å². The number of likely N-dealkylation sites (tertiary alicyclic amines) is 1. The van der Waals surface area contributed by atoms with Gasteiger partial charge in [0.2, 0.25) is 0 Å². The summed E-state index contributed by atoms with van der Waals surface area (Å²) in [5.41, 5.74) is 0.538. The molecule has 2 aliphatic heterocycles. The molecule has 2 heterocycles. The first-order valence-electron chi connectivity index (χ1n) is 6.43. The SMILES string of the molecule is O=C(c1ccc([N+](=O)[O-])cc1)N1CC[C@H]2CNC[C@H]21. The smallest absolute Gasteiger partial charge is 0.269 e. The number of benzene rings is 1. The van der Waals surface area contributed by atoms with Gasteiger partial charge in [-0.05, 0) is 24.5 Å². The number of hydrogen-bond donors (Lipinski definition) is 1. The van der Waals surface area contributed by atoms with Gasteiger partial charge in [-0.15, -0.1) is 0 Å². The van der Waals surface area contributed by atoms with Crippen LogP contribution in [0.1, 0.15) is 16.8 Å². The molecule has 6 heteroatoms. The molecule has 0 saturated carbocycles. The molecule has 1 N–H and O–H groups in total. The van der Waals surface area contributed by atoms with Gasteiger partial charge >= 0.3 is 0 Å². The first kappa shape index (κ1) is 12.1. The molecule has 6 nitrogen and oxygen atoms in total. The Morgan fingerprint density at radius 2 is 2.05 bits per heavy atom. The molecule has 0 aliphatic carbocycles. The highest BCUT2D eigenvalue weighted by molar-refractivity contribution is 5.94. The number of nitro groups is 1. The van der Waals surface area contributed by atoms with E-state index in [4.69, 9.17) is 0 Å². The Labute approximate surface area is 110 Å². The summed E-state index contributed by atoms with van der Waals surface area (Å²) in [7, 11) is 0. The molecule has 0 radical (unpaired) electrons. The molecule has 1 amide bonds. The summed E-state index contributed by atoms with van der Waals surface area (Å²) in [4.78, 5) is 24.4. The number of nitro benzene ring substituents is 1. The molecule has 19 heavy (non-hydrogen) atoms. The Hall–Kier alpha value is -1.95. The standard InChI is InChI=1S/C13H15N3O3/c17-13(9-1-3-11(4-2-9)16(18)19)15-6-5-10-7-14-8-12(10)15/h1-4,10,12,14H,5-8H2/t10-,12+/m0/s1. The minimum Gasteiger partial charge on any atom is -0.334 e. The summed E-state index contributed by atoms with van der Waals surface area (Å²) in [5, 5.41) is 13.9. The third-order valence-electron chi connectivity index (χ3n) is 4.03. The fourth-order valence-electron chi connectivity index (χ4n) is 2.99. The van der Waals surface area contributed by atoms with E-state index < -0.39 is 4.92 Å². The van der Waals surface area contributed by atoms with Crippen molar-refractivity contribution in [2.45, 2.75) is 12.5 Å². The quantitative estimate of drug-likeness (QED) is 0.637. The van der Waals surface area contributed by atoms with E-state index in [1.807, 2.05) is 4.90 Å². The lowest BCUT2D eigenvalue weighted by atomic mass is 10.0. The maximum atomic E-state index is 12.4. The van der Waals surface area contributed by atoms with Gasteiger partial charge in [-0.25, -0.2) is 0 Å².